The highest BCUT2D eigenvalue weighted by Gasteiger charge is 2.30. The molecule has 0 aromatic heterocycles. The Labute approximate surface area is 144 Å². The van der Waals surface area contributed by atoms with Gasteiger partial charge in [0.05, 0.1) is 4.91 Å². The molecule has 0 atom stereocenters. The van der Waals surface area contributed by atoms with Gasteiger partial charge < -0.3 is 4.74 Å². The Morgan fingerprint density at radius 1 is 1.13 bits per heavy atom. The largest absolute Gasteiger partial charge is 0.457 e. The normalized spacial score (nSPS) is 16.2. The van der Waals surface area contributed by atoms with Gasteiger partial charge in [0.15, 0.2) is 0 Å². The number of nitrogens with zero attached hydrogens (tertiary/aromatic N) is 1. The first-order valence-corrected chi connectivity index (χ1v) is 8.48. The van der Waals surface area contributed by atoms with Crippen LogP contribution >= 0.6 is 24.0 Å². The van der Waals surface area contributed by atoms with E-state index in [0.29, 0.717) is 15.8 Å². The predicted octanol–water partition coefficient (Wildman–Crippen LogP) is 4.70. The molecule has 1 heterocycles. The second kappa shape index (κ2) is 6.98. The number of likely N-dealkylation sites (N-methyl/N-ethyl adjacent to an activating group) is 1. The van der Waals surface area contributed by atoms with Crippen LogP contribution in [0.4, 0.5) is 0 Å². The quantitative estimate of drug-likeness (QED) is 0.595. The first-order valence-electron chi connectivity index (χ1n) is 7.25. The number of hydrogen-bond donors (Lipinski definition) is 0. The van der Waals surface area contributed by atoms with Gasteiger partial charge >= 0.3 is 0 Å². The minimum Gasteiger partial charge on any atom is -0.457 e. The standard InChI is InChI=1S/C18H15NO2S2/c1-2-19-17(20)16(23-18(19)22)12-13-7-6-10-15(11-13)21-14-8-4-3-5-9-14/h3-12H,2H2,1H3/b16-12+. The van der Waals surface area contributed by atoms with E-state index in [4.69, 9.17) is 17.0 Å². The third kappa shape index (κ3) is 3.63. The zero-order valence-corrected chi connectivity index (χ0v) is 14.2. The van der Waals surface area contributed by atoms with Crippen molar-refractivity contribution in [3.8, 4) is 11.5 Å². The van der Waals surface area contributed by atoms with E-state index in [-0.39, 0.29) is 5.91 Å². The zero-order valence-electron chi connectivity index (χ0n) is 12.6. The topological polar surface area (TPSA) is 29.5 Å². The summed E-state index contributed by atoms with van der Waals surface area (Å²) >= 11 is 6.56. The van der Waals surface area contributed by atoms with Crippen molar-refractivity contribution in [2.45, 2.75) is 6.92 Å². The van der Waals surface area contributed by atoms with Gasteiger partial charge in [0.2, 0.25) is 0 Å². The molecule has 5 heteroatoms. The Kier molecular flexibility index (Phi) is 4.79. The smallest absolute Gasteiger partial charge is 0.266 e. The van der Waals surface area contributed by atoms with E-state index in [2.05, 4.69) is 0 Å². The maximum absolute atomic E-state index is 12.2. The molecule has 23 heavy (non-hydrogen) atoms. The van der Waals surface area contributed by atoms with Crippen LogP contribution < -0.4 is 4.74 Å². The molecule has 0 spiro atoms. The molecule has 116 valence electrons. The summed E-state index contributed by atoms with van der Waals surface area (Å²) in [6.07, 6.45) is 1.85. The lowest BCUT2D eigenvalue weighted by atomic mass is 10.2. The number of rotatable bonds is 4. The van der Waals surface area contributed by atoms with E-state index in [1.807, 2.05) is 67.6 Å². The monoisotopic (exact) mass is 341 g/mol. The highest BCUT2D eigenvalue weighted by Crippen LogP contribution is 2.33. The number of benzene rings is 2. The molecule has 0 bridgehead atoms. The van der Waals surface area contributed by atoms with Crippen LogP contribution in [0, 0.1) is 0 Å². The minimum absolute atomic E-state index is 0.0307. The zero-order chi connectivity index (χ0) is 16.2. The molecule has 1 fully saturated rings. The van der Waals surface area contributed by atoms with E-state index in [1.165, 1.54) is 11.8 Å². The van der Waals surface area contributed by atoms with Crippen molar-refractivity contribution < 1.29 is 9.53 Å². The van der Waals surface area contributed by atoms with Crippen LogP contribution in [0.3, 0.4) is 0 Å². The molecule has 1 amide bonds. The van der Waals surface area contributed by atoms with Crippen LogP contribution in [0.1, 0.15) is 12.5 Å². The van der Waals surface area contributed by atoms with Crippen molar-refractivity contribution in [2.24, 2.45) is 0 Å². The van der Waals surface area contributed by atoms with Crippen molar-refractivity contribution in [3.05, 3.63) is 65.1 Å². The van der Waals surface area contributed by atoms with Gasteiger partial charge in [-0.2, -0.15) is 0 Å². The SMILES string of the molecule is CCN1C(=O)/C(=C\c2cccc(Oc3ccccc3)c2)SC1=S. The fourth-order valence-corrected chi connectivity index (χ4v) is 3.60. The summed E-state index contributed by atoms with van der Waals surface area (Å²) in [5, 5.41) is 0. The van der Waals surface area contributed by atoms with Crippen LogP contribution in [0.2, 0.25) is 0 Å². The maximum atomic E-state index is 12.2. The van der Waals surface area contributed by atoms with Crippen molar-refractivity contribution in [1.82, 2.24) is 4.90 Å². The Bertz CT molecular complexity index is 772. The van der Waals surface area contributed by atoms with E-state index < -0.39 is 0 Å². The van der Waals surface area contributed by atoms with Gasteiger partial charge in [-0.15, -0.1) is 0 Å². The molecule has 2 aromatic rings. The lowest BCUT2D eigenvalue weighted by molar-refractivity contribution is -0.121. The van der Waals surface area contributed by atoms with Crippen molar-refractivity contribution in [3.63, 3.8) is 0 Å². The van der Waals surface area contributed by atoms with Crippen LogP contribution in [0.5, 0.6) is 11.5 Å². The second-order valence-electron chi connectivity index (χ2n) is 4.91. The number of amides is 1. The fraction of sp³-hybridized carbons (Fsp3) is 0.111. The highest BCUT2D eigenvalue weighted by atomic mass is 32.2. The first kappa shape index (κ1) is 15.8. The van der Waals surface area contributed by atoms with Crippen molar-refractivity contribution in [1.29, 1.82) is 0 Å². The van der Waals surface area contributed by atoms with E-state index >= 15 is 0 Å². The van der Waals surface area contributed by atoms with Gasteiger partial charge in [-0.1, -0.05) is 54.3 Å². The Hall–Kier alpha value is -2.11. The van der Waals surface area contributed by atoms with Crippen LogP contribution in [-0.2, 0) is 4.79 Å². The molecule has 0 radical (unpaired) electrons. The molecule has 0 saturated carbocycles. The van der Waals surface area contributed by atoms with Crippen LogP contribution in [0.15, 0.2) is 59.5 Å². The number of carbonyl (C=O) groups excluding carboxylic acids is 1. The van der Waals surface area contributed by atoms with E-state index in [0.717, 1.165) is 17.1 Å². The number of thiocarbonyl (C=S) groups is 1. The molecule has 0 aliphatic carbocycles. The molecule has 3 rings (SSSR count). The molecular formula is C18H15NO2S2. The molecule has 1 saturated heterocycles. The average Bonchev–Trinajstić information content (AvgIpc) is 2.82. The number of ether oxygens (including phenoxy) is 1. The summed E-state index contributed by atoms with van der Waals surface area (Å²) in [5.41, 5.74) is 0.912. The molecule has 1 aliphatic rings. The Balaban J connectivity index is 1.82. The minimum atomic E-state index is -0.0307. The Morgan fingerprint density at radius 2 is 1.87 bits per heavy atom. The summed E-state index contributed by atoms with van der Waals surface area (Å²) in [6, 6.07) is 17.2. The summed E-state index contributed by atoms with van der Waals surface area (Å²) in [7, 11) is 0. The van der Waals surface area contributed by atoms with Gasteiger partial charge in [0, 0.05) is 6.54 Å². The van der Waals surface area contributed by atoms with Gasteiger partial charge in [0.25, 0.3) is 5.91 Å². The average molecular weight is 341 g/mol. The maximum Gasteiger partial charge on any atom is 0.266 e. The van der Waals surface area contributed by atoms with Gasteiger partial charge in [-0.3, -0.25) is 9.69 Å². The van der Waals surface area contributed by atoms with E-state index in [1.54, 1.807) is 4.90 Å². The molecule has 3 nitrogen and oxygen atoms in total. The lowest BCUT2D eigenvalue weighted by Crippen LogP contribution is -2.27. The third-order valence-electron chi connectivity index (χ3n) is 3.32. The summed E-state index contributed by atoms with van der Waals surface area (Å²) in [4.78, 5) is 14.5. The predicted molar refractivity (Wildman–Crippen MR) is 98.5 cm³/mol. The number of para-hydroxylation sites is 1. The van der Waals surface area contributed by atoms with Crippen molar-refractivity contribution in [2.75, 3.05) is 6.54 Å². The van der Waals surface area contributed by atoms with Gasteiger partial charge in [-0.25, -0.2) is 0 Å². The number of hydrogen-bond acceptors (Lipinski definition) is 4. The molecular weight excluding hydrogens is 326 g/mol. The van der Waals surface area contributed by atoms with E-state index in [9.17, 15) is 4.79 Å². The third-order valence-corrected chi connectivity index (χ3v) is 4.70. The fourth-order valence-electron chi connectivity index (χ4n) is 2.22. The lowest BCUT2D eigenvalue weighted by Gasteiger charge is -2.09. The number of carbonyl (C=O) groups is 1. The summed E-state index contributed by atoms with van der Waals surface area (Å²) in [5.74, 6) is 1.48. The first-order chi connectivity index (χ1) is 11.2. The molecule has 2 aromatic carbocycles. The van der Waals surface area contributed by atoms with Crippen LogP contribution in [-0.4, -0.2) is 21.7 Å². The molecule has 1 aliphatic heterocycles. The second-order valence-corrected chi connectivity index (χ2v) is 6.59. The summed E-state index contributed by atoms with van der Waals surface area (Å²) < 4.78 is 6.43. The summed E-state index contributed by atoms with van der Waals surface area (Å²) in [6.45, 7) is 2.52. The molecule has 0 unspecified atom stereocenters. The number of thioether (sulfide) groups is 1. The Morgan fingerprint density at radius 3 is 2.57 bits per heavy atom. The molecule has 0 N–H and O–H groups in total. The van der Waals surface area contributed by atoms with Gasteiger partial charge in [0.1, 0.15) is 15.8 Å². The van der Waals surface area contributed by atoms with Crippen molar-refractivity contribution >= 4 is 40.3 Å². The highest BCUT2D eigenvalue weighted by molar-refractivity contribution is 8.26. The van der Waals surface area contributed by atoms with Gasteiger partial charge in [-0.05, 0) is 42.8 Å². The van der Waals surface area contributed by atoms with Crippen LogP contribution in [0.25, 0.3) is 6.08 Å².